The highest BCUT2D eigenvalue weighted by Crippen LogP contribution is 2.14. The van der Waals surface area contributed by atoms with Crippen LogP contribution >= 0.6 is 0 Å². The lowest BCUT2D eigenvalue weighted by Crippen LogP contribution is -1.88. The highest BCUT2D eigenvalue weighted by molar-refractivity contribution is 5.62. The third-order valence-electron chi connectivity index (χ3n) is 1.95. The number of hydrogen-bond acceptors (Lipinski definition) is 3. The van der Waals surface area contributed by atoms with Crippen molar-refractivity contribution in [3.05, 3.63) is 45.8 Å². The average molecular weight is 213 g/mol. The Bertz CT molecular complexity index is 478. The molecule has 0 aromatic heterocycles. The van der Waals surface area contributed by atoms with Crippen LogP contribution in [0, 0.1) is 11.3 Å². The van der Waals surface area contributed by atoms with Crippen molar-refractivity contribution >= 4 is 11.8 Å². The van der Waals surface area contributed by atoms with Crippen LogP contribution in [-0.2, 0) is 0 Å². The molecule has 0 spiro atoms. The first kappa shape index (κ1) is 11.6. The van der Waals surface area contributed by atoms with Gasteiger partial charge in [-0.15, -0.1) is 0 Å². The smallest absolute Gasteiger partial charge is 0.0997 e. The number of rotatable bonds is 4. The summed E-state index contributed by atoms with van der Waals surface area (Å²) in [5.41, 5.74) is 15.7. The molecule has 0 atom stereocenters. The standard InChI is InChI=1S/C11H11N5/c12-8-10-4-5-11(13)7-9(10)3-1-2-6-15-16-14/h1,3-5,7H,2,6,13H2. The normalized spacial score (nSPS) is 9.69. The van der Waals surface area contributed by atoms with E-state index in [9.17, 15) is 0 Å². The number of nitrogen functional groups attached to an aromatic ring is 1. The number of hydrogen-bond donors (Lipinski definition) is 1. The van der Waals surface area contributed by atoms with Gasteiger partial charge in [0.15, 0.2) is 0 Å². The van der Waals surface area contributed by atoms with Crippen molar-refractivity contribution in [2.45, 2.75) is 6.42 Å². The van der Waals surface area contributed by atoms with E-state index >= 15 is 0 Å². The predicted octanol–water partition coefficient (Wildman–Crippen LogP) is 2.85. The molecular weight excluding hydrogens is 202 g/mol. The molecule has 1 aromatic rings. The summed E-state index contributed by atoms with van der Waals surface area (Å²) in [7, 11) is 0. The van der Waals surface area contributed by atoms with Gasteiger partial charge in [0, 0.05) is 17.1 Å². The van der Waals surface area contributed by atoms with E-state index in [1.54, 1.807) is 18.2 Å². The fraction of sp³-hybridized carbons (Fsp3) is 0.182. The van der Waals surface area contributed by atoms with Crippen molar-refractivity contribution in [3.8, 4) is 6.07 Å². The van der Waals surface area contributed by atoms with Crippen molar-refractivity contribution in [1.29, 1.82) is 5.26 Å². The van der Waals surface area contributed by atoms with Crippen molar-refractivity contribution in [2.24, 2.45) is 5.11 Å². The fourth-order valence-electron chi connectivity index (χ4n) is 1.21. The van der Waals surface area contributed by atoms with E-state index in [4.69, 9.17) is 16.5 Å². The molecule has 0 heterocycles. The van der Waals surface area contributed by atoms with Gasteiger partial charge in [0.1, 0.15) is 0 Å². The molecule has 0 saturated carbocycles. The van der Waals surface area contributed by atoms with Gasteiger partial charge in [-0.05, 0) is 35.7 Å². The molecule has 0 bridgehead atoms. The number of anilines is 1. The SMILES string of the molecule is N#Cc1ccc(N)cc1C=CCCN=[N+]=[N-]. The van der Waals surface area contributed by atoms with Crippen LogP contribution in [0.4, 0.5) is 5.69 Å². The molecule has 0 fully saturated rings. The highest BCUT2D eigenvalue weighted by Gasteiger charge is 1.97. The summed E-state index contributed by atoms with van der Waals surface area (Å²) in [6.07, 6.45) is 4.30. The molecule has 0 saturated heterocycles. The summed E-state index contributed by atoms with van der Waals surface area (Å²) in [4.78, 5) is 2.65. The van der Waals surface area contributed by atoms with E-state index in [0.29, 0.717) is 24.2 Å². The maximum absolute atomic E-state index is 8.86. The summed E-state index contributed by atoms with van der Waals surface area (Å²) in [5.74, 6) is 0. The van der Waals surface area contributed by atoms with Crippen molar-refractivity contribution in [1.82, 2.24) is 0 Å². The Hall–Kier alpha value is -2.44. The van der Waals surface area contributed by atoms with Crippen LogP contribution in [0.5, 0.6) is 0 Å². The average Bonchev–Trinajstić information content (AvgIpc) is 2.29. The van der Waals surface area contributed by atoms with Gasteiger partial charge in [-0.2, -0.15) is 5.26 Å². The number of nitrogens with zero attached hydrogens (tertiary/aromatic N) is 4. The number of benzene rings is 1. The van der Waals surface area contributed by atoms with Gasteiger partial charge in [0.25, 0.3) is 0 Å². The molecule has 0 radical (unpaired) electrons. The Morgan fingerprint density at radius 2 is 2.38 bits per heavy atom. The van der Waals surface area contributed by atoms with Crippen molar-refractivity contribution in [2.75, 3.05) is 12.3 Å². The van der Waals surface area contributed by atoms with Gasteiger partial charge in [0.2, 0.25) is 0 Å². The predicted molar refractivity (Wildman–Crippen MR) is 63.2 cm³/mol. The lowest BCUT2D eigenvalue weighted by molar-refractivity contribution is 0.995. The third-order valence-corrected chi connectivity index (χ3v) is 1.95. The van der Waals surface area contributed by atoms with Gasteiger partial charge in [-0.25, -0.2) is 0 Å². The Kier molecular flexibility index (Phi) is 4.45. The number of azide groups is 1. The summed E-state index contributed by atoms with van der Waals surface area (Å²) in [6.45, 7) is 0.414. The second-order valence-electron chi connectivity index (χ2n) is 3.10. The van der Waals surface area contributed by atoms with E-state index in [0.717, 1.165) is 5.56 Å². The van der Waals surface area contributed by atoms with Crippen LogP contribution in [0.25, 0.3) is 16.5 Å². The molecule has 0 amide bonds. The van der Waals surface area contributed by atoms with Gasteiger partial charge < -0.3 is 5.73 Å². The zero-order chi connectivity index (χ0) is 11.8. The van der Waals surface area contributed by atoms with Crippen molar-refractivity contribution < 1.29 is 0 Å². The monoisotopic (exact) mass is 213 g/mol. The van der Waals surface area contributed by atoms with Crippen LogP contribution in [0.3, 0.4) is 0 Å². The Morgan fingerprint density at radius 1 is 1.56 bits per heavy atom. The molecular formula is C11H11N5. The van der Waals surface area contributed by atoms with Gasteiger partial charge in [-0.1, -0.05) is 17.3 Å². The second-order valence-corrected chi connectivity index (χ2v) is 3.10. The van der Waals surface area contributed by atoms with Crippen LogP contribution in [0.15, 0.2) is 29.4 Å². The zero-order valence-corrected chi connectivity index (χ0v) is 8.67. The van der Waals surface area contributed by atoms with E-state index in [2.05, 4.69) is 16.1 Å². The first-order valence-corrected chi connectivity index (χ1v) is 4.75. The van der Waals surface area contributed by atoms with Crippen LogP contribution in [0.1, 0.15) is 17.5 Å². The molecule has 0 aliphatic carbocycles. The Balaban J connectivity index is 2.76. The summed E-state index contributed by atoms with van der Waals surface area (Å²) < 4.78 is 0. The maximum atomic E-state index is 8.86. The molecule has 16 heavy (non-hydrogen) atoms. The minimum absolute atomic E-state index is 0.414. The Morgan fingerprint density at radius 3 is 3.06 bits per heavy atom. The maximum Gasteiger partial charge on any atom is 0.0997 e. The van der Waals surface area contributed by atoms with Crippen LogP contribution in [0.2, 0.25) is 0 Å². The van der Waals surface area contributed by atoms with Gasteiger partial charge >= 0.3 is 0 Å². The minimum atomic E-state index is 0.414. The number of nitriles is 1. The topological polar surface area (TPSA) is 98.6 Å². The quantitative estimate of drug-likeness (QED) is 0.273. The highest BCUT2D eigenvalue weighted by atomic mass is 15.1. The van der Waals surface area contributed by atoms with E-state index in [1.165, 1.54) is 0 Å². The Labute approximate surface area is 93.4 Å². The van der Waals surface area contributed by atoms with Crippen molar-refractivity contribution in [3.63, 3.8) is 0 Å². The van der Waals surface area contributed by atoms with Crippen LogP contribution < -0.4 is 5.73 Å². The van der Waals surface area contributed by atoms with Crippen LogP contribution in [-0.4, -0.2) is 6.54 Å². The lowest BCUT2D eigenvalue weighted by Gasteiger charge is -1.99. The van der Waals surface area contributed by atoms with E-state index in [-0.39, 0.29) is 0 Å². The third kappa shape index (κ3) is 3.37. The molecule has 0 unspecified atom stereocenters. The summed E-state index contributed by atoms with van der Waals surface area (Å²) in [6, 6.07) is 7.20. The molecule has 5 heteroatoms. The molecule has 0 aliphatic rings. The fourth-order valence-corrected chi connectivity index (χ4v) is 1.21. The largest absolute Gasteiger partial charge is 0.399 e. The van der Waals surface area contributed by atoms with Gasteiger partial charge in [0.05, 0.1) is 11.6 Å². The number of nitrogens with two attached hydrogens (primary N) is 1. The molecule has 80 valence electrons. The molecule has 0 aliphatic heterocycles. The molecule has 1 rings (SSSR count). The lowest BCUT2D eigenvalue weighted by atomic mass is 10.1. The molecule has 5 nitrogen and oxygen atoms in total. The van der Waals surface area contributed by atoms with Gasteiger partial charge in [-0.3, -0.25) is 0 Å². The molecule has 2 N–H and O–H groups in total. The minimum Gasteiger partial charge on any atom is -0.399 e. The first-order chi connectivity index (χ1) is 7.77. The molecule has 1 aromatic carbocycles. The summed E-state index contributed by atoms with van der Waals surface area (Å²) in [5, 5.41) is 12.3. The van der Waals surface area contributed by atoms with E-state index < -0.39 is 0 Å². The van der Waals surface area contributed by atoms with E-state index in [1.807, 2.05) is 12.2 Å². The first-order valence-electron chi connectivity index (χ1n) is 4.75. The summed E-state index contributed by atoms with van der Waals surface area (Å²) >= 11 is 0. The zero-order valence-electron chi connectivity index (χ0n) is 8.67. The second kappa shape index (κ2) is 6.12.